The maximum absolute atomic E-state index is 12.3. The smallest absolute Gasteiger partial charge is 0.269 e. The minimum atomic E-state index is -0.179. The lowest BCUT2D eigenvalue weighted by Gasteiger charge is -2.12. The van der Waals surface area contributed by atoms with Crippen molar-refractivity contribution < 1.29 is 4.74 Å². The van der Waals surface area contributed by atoms with Gasteiger partial charge in [-0.3, -0.25) is 4.79 Å². The van der Waals surface area contributed by atoms with Gasteiger partial charge in [-0.15, -0.1) is 0 Å². The van der Waals surface area contributed by atoms with Crippen LogP contribution in [0.2, 0.25) is 0 Å². The molecule has 0 atom stereocenters. The Bertz CT molecular complexity index is 853. The molecule has 0 aliphatic heterocycles. The van der Waals surface area contributed by atoms with E-state index in [9.17, 15) is 4.79 Å². The van der Waals surface area contributed by atoms with E-state index in [1.54, 1.807) is 13.2 Å². The number of ether oxygens (including phenoxy) is 1. The molecule has 0 aliphatic rings. The molecule has 116 valence electrons. The number of aryl methyl sites for hydroxylation is 1. The first-order valence-corrected chi connectivity index (χ1v) is 7.42. The number of nitrogens with zero attached hydrogens (tertiary/aromatic N) is 2. The first-order chi connectivity index (χ1) is 11.2. The van der Waals surface area contributed by atoms with Gasteiger partial charge in [0.2, 0.25) is 0 Å². The van der Waals surface area contributed by atoms with Gasteiger partial charge in [0, 0.05) is 24.3 Å². The van der Waals surface area contributed by atoms with Crippen LogP contribution in [0, 0.1) is 6.92 Å². The van der Waals surface area contributed by atoms with Crippen LogP contribution in [-0.4, -0.2) is 16.9 Å². The lowest BCUT2D eigenvalue weighted by Crippen LogP contribution is -2.24. The van der Waals surface area contributed by atoms with E-state index in [0.29, 0.717) is 0 Å². The Morgan fingerprint density at radius 1 is 1.00 bits per heavy atom. The summed E-state index contributed by atoms with van der Waals surface area (Å²) in [5.74, 6) is 0. The summed E-state index contributed by atoms with van der Waals surface area (Å²) >= 11 is 0. The third-order valence-corrected chi connectivity index (χ3v) is 3.66. The molecule has 0 fully saturated rings. The van der Waals surface area contributed by atoms with Gasteiger partial charge in [-0.05, 0) is 12.5 Å². The van der Waals surface area contributed by atoms with E-state index in [4.69, 9.17) is 4.74 Å². The maximum atomic E-state index is 12.3. The van der Waals surface area contributed by atoms with Crippen LogP contribution in [0.3, 0.4) is 0 Å². The van der Waals surface area contributed by atoms with Gasteiger partial charge in [0.1, 0.15) is 6.73 Å². The van der Waals surface area contributed by atoms with E-state index >= 15 is 0 Å². The summed E-state index contributed by atoms with van der Waals surface area (Å²) in [4.78, 5) is 12.3. The monoisotopic (exact) mass is 306 g/mol. The zero-order valence-corrected chi connectivity index (χ0v) is 13.2. The molecule has 0 saturated heterocycles. The normalized spacial score (nSPS) is 10.7. The third-order valence-electron chi connectivity index (χ3n) is 3.66. The second-order valence-corrected chi connectivity index (χ2v) is 5.39. The Hall–Kier alpha value is -2.72. The summed E-state index contributed by atoms with van der Waals surface area (Å²) in [6, 6.07) is 19.6. The molecule has 4 nitrogen and oxygen atoms in total. The second kappa shape index (κ2) is 6.58. The Morgan fingerprint density at radius 2 is 1.70 bits per heavy atom. The van der Waals surface area contributed by atoms with Crippen LogP contribution < -0.4 is 5.56 Å². The van der Waals surface area contributed by atoms with Crippen molar-refractivity contribution in [3.05, 3.63) is 76.6 Å². The van der Waals surface area contributed by atoms with Crippen molar-refractivity contribution in [3.63, 3.8) is 0 Å². The average Bonchev–Trinajstić information content (AvgIpc) is 2.58. The van der Waals surface area contributed by atoms with Crippen molar-refractivity contribution in [2.75, 3.05) is 7.11 Å². The topological polar surface area (TPSA) is 44.1 Å². The lowest BCUT2D eigenvalue weighted by molar-refractivity contribution is 0.116. The van der Waals surface area contributed by atoms with Crippen molar-refractivity contribution in [2.45, 2.75) is 13.7 Å². The van der Waals surface area contributed by atoms with Crippen molar-refractivity contribution in [3.8, 4) is 22.4 Å². The Kier molecular flexibility index (Phi) is 4.35. The van der Waals surface area contributed by atoms with Gasteiger partial charge in [-0.1, -0.05) is 60.2 Å². The molecule has 3 rings (SSSR count). The van der Waals surface area contributed by atoms with Crippen molar-refractivity contribution in [1.29, 1.82) is 0 Å². The van der Waals surface area contributed by atoms with Gasteiger partial charge in [-0.2, -0.15) is 5.10 Å². The quantitative estimate of drug-likeness (QED) is 0.741. The molecule has 0 aliphatic carbocycles. The molecule has 3 aromatic rings. The van der Waals surface area contributed by atoms with E-state index in [2.05, 4.69) is 5.10 Å². The minimum absolute atomic E-state index is 0.132. The molecule has 0 unspecified atom stereocenters. The number of methoxy groups -OCH3 is 1. The first kappa shape index (κ1) is 15.2. The maximum Gasteiger partial charge on any atom is 0.269 e. The molecule has 0 bridgehead atoms. The molecular weight excluding hydrogens is 288 g/mol. The summed E-state index contributed by atoms with van der Waals surface area (Å²) in [6.45, 7) is 2.17. The average molecular weight is 306 g/mol. The first-order valence-electron chi connectivity index (χ1n) is 7.42. The van der Waals surface area contributed by atoms with Crippen LogP contribution in [0.1, 0.15) is 5.56 Å². The number of hydrogen-bond acceptors (Lipinski definition) is 3. The summed E-state index contributed by atoms with van der Waals surface area (Å²) in [6.07, 6.45) is 0. The Labute approximate surface area is 135 Å². The Balaban J connectivity index is 2.23. The summed E-state index contributed by atoms with van der Waals surface area (Å²) < 4.78 is 6.39. The second-order valence-electron chi connectivity index (χ2n) is 5.39. The van der Waals surface area contributed by atoms with Gasteiger partial charge < -0.3 is 4.74 Å². The van der Waals surface area contributed by atoms with E-state index in [1.807, 2.05) is 61.5 Å². The highest BCUT2D eigenvalue weighted by molar-refractivity contribution is 5.80. The molecule has 2 aromatic carbocycles. The van der Waals surface area contributed by atoms with Gasteiger partial charge in [0.05, 0.1) is 5.69 Å². The summed E-state index contributed by atoms with van der Waals surface area (Å²) in [5.41, 5.74) is 4.54. The van der Waals surface area contributed by atoms with Crippen molar-refractivity contribution >= 4 is 0 Å². The highest BCUT2D eigenvalue weighted by Gasteiger charge is 2.12. The molecule has 23 heavy (non-hydrogen) atoms. The summed E-state index contributed by atoms with van der Waals surface area (Å²) in [5, 5.41) is 4.51. The Morgan fingerprint density at radius 3 is 2.35 bits per heavy atom. The molecule has 4 heteroatoms. The van der Waals surface area contributed by atoms with Gasteiger partial charge >= 0.3 is 0 Å². The van der Waals surface area contributed by atoms with E-state index in [1.165, 1.54) is 10.2 Å². The predicted octanol–water partition coefficient (Wildman–Crippen LogP) is 3.49. The standard InChI is InChI=1S/C19H18N2O2/c1-14-8-10-15(11-9-14)17-12-18(22)21(13-23-2)20-19(17)16-6-4-3-5-7-16/h3-12H,13H2,1-2H3. The molecule has 0 N–H and O–H groups in total. The fraction of sp³-hybridized carbons (Fsp3) is 0.158. The summed E-state index contributed by atoms with van der Waals surface area (Å²) in [7, 11) is 1.55. The third kappa shape index (κ3) is 3.22. The molecule has 1 heterocycles. The molecule has 1 aromatic heterocycles. The fourth-order valence-electron chi connectivity index (χ4n) is 2.47. The molecule has 0 amide bonds. The van der Waals surface area contributed by atoms with Crippen LogP contribution >= 0.6 is 0 Å². The number of hydrogen-bond donors (Lipinski definition) is 0. The van der Waals surface area contributed by atoms with E-state index in [0.717, 1.165) is 22.4 Å². The van der Waals surface area contributed by atoms with E-state index < -0.39 is 0 Å². The van der Waals surface area contributed by atoms with Gasteiger partial charge in [0.25, 0.3) is 5.56 Å². The highest BCUT2D eigenvalue weighted by atomic mass is 16.5. The van der Waals surface area contributed by atoms with Crippen molar-refractivity contribution in [2.24, 2.45) is 0 Å². The predicted molar refractivity (Wildman–Crippen MR) is 91.1 cm³/mol. The van der Waals surface area contributed by atoms with Crippen LogP contribution in [0.4, 0.5) is 0 Å². The van der Waals surface area contributed by atoms with Crippen LogP contribution in [0.5, 0.6) is 0 Å². The number of aromatic nitrogens is 2. The fourth-order valence-corrected chi connectivity index (χ4v) is 2.47. The molecular formula is C19H18N2O2. The molecule has 0 saturated carbocycles. The zero-order chi connectivity index (χ0) is 16.2. The highest BCUT2D eigenvalue weighted by Crippen LogP contribution is 2.29. The van der Waals surface area contributed by atoms with Gasteiger partial charge in [-0.25, -0.2) is 4.68 Å². The molecule has 0 radical (unpaired) electrons. The van der Waals surface area contributed by atoms with E-state index in [-0.39, 0.29) is 12.3 Å². The minimum Gasteiger partial charge on any atom is -0.362 e. The molecule has 0 spiro atoms. The van der Waals surface area contributed by atoms with Crippen molar-refractivity contribution in [1.82, 2.24) is 9.78 Å². The number of benzene rings is 2. The van der Waals surface area contributed by atoms with Crippen LogP contribution in [-0.2, 0) is 11.5 Å². The van der Waals surface area contributed by atoms with Gasteiger partial charge in [0.15, 0.2) is 0 Å². The largest absolute Gasteiger partial charge is 0.362 e. The zero-order valence-electron chi connectivity index (χ0n) is 13.2. The lowest BCUT2D eigenvalue weighted by atomic mass is 9.99. The number of rotatable bonds is 4. The SMILES string of the molecule is COCn1nc(-c2ccccc2)c(-c2ccc(C)cc2)cc1=O. The van der Waals surface area contributed by atoms with Crippen LogP contribution in [0.25, 0.3) is 22.4 Å². The van der Waals surface area contributed by atoms with Crippen LogP contribution in [0.15, 0.2) is 65.5 Å².